The Morgan fingerprint density at radius 2 is 1.85 bits per heavy atom. The molecule has 1 aliphatic heterocycles. The Morgan fingerprint density at radius 1 is 1.08 bits per heavy atom. The number of nitrogens with one attached hydrogen (secondary N) is 1. The van der Waals surface area contributed by atoms with Crippen LogP contribution in [0.15, 0.2) is 42.5 Å². The van der Waals surface area contributed by atoms with E-state index in [0.29, 0.717) is 17.7 Å². The molecule has 1 amide bonds. The van der Waals surface area contributed by atoms with Gasteiger partial charge in [0.15, 0.2) is 0 Å². The third-order valence-electron chi connectivity index (χ3n) is 4.89. The predicted molar refractivity (Wildman–Crippen MR) is 103 cm³/mol. The monoisotopic (exact) mass is 355 g/mol. The Hall–Kier alpha value is -2.40. The van der Waals surface area contributed by atoms with Crippen molar-refractivity contribution in [3.63, 3.8) is 0 Å². The average Bonchev–Trinajstić information content (AvgIpc) is 2.64. The minimum Gasteiger partial charge on any atom is -0.369 e. The van der Waals surface area contributed by atoms with Crippen molar-refractivity contribution in [1.29, 1.82) is 0 Å². The van der Waals surface area contributed by atoms with E-state index in [1.807, 2.05) is 0 Å². The summed E-state index contributed by atoms with van der Waals surface area (Å²) in [5.41, 5.74) is 3.48. The third kappa shape index (κ3) is 4.61. The van der Waals surface area contributed by atoms with Gasteiger partial charge in [0.2, 0.25) is 0 Å². The lowest BCUT2D eigenvalue weighted by molar-refractivity contribution is 0.0947. The molecule has 2 aromatic rings. The fourth-order valence-corrected chi connectivity index (χ4v) is 3.22. The molecule has 0 saturated carbocycles. The van der Waals surface area contributed by atoms with Gasteiger partial charge in [0.1, 0.15) is 5.82 Å². The number of hydrogen-bond acceptors (Lipinski definition) is 3. The molecular weight excluding hydrogens is 329 g/mol. The van der Waals surface area contributed by atoms with Crippen molar-refractivity contribution in [2.24, 2.45) is 0 Å². The van der Waals surface area contributed by atoms with E-state index >= 15 is 0 Å². The lowest BCUT2D eigenvalue weighted by Crippen LogP contribution is -2.48. The number of amides is 1. The Kier molecular flexibility index (Phi) is 5.89. The van der Waals surface area contributed by atoms with Gasteiger partial charge in [-0.05, 0) is 49.2 Å². The van der Waals surface area contributed by atoms with Crippen LogP contribution < -0.4 is 10.2 Å². The number of nitrogens with zero attached hydrogens (tertiary/aromatic N) is 2. The summed E-state index contributed by atoms with van der Waals surface area (Å²) in [6.07, 6.45) is 0. The summed E-state index contributed by atoms with van der Waals surface area (Å²) >= 11 is 0. The van der Waals surface area contributed by atoms with E-state index in [1.165, 1.54) is 17.3 Å². The zero-order valence-electron chi connectivity index (χ0n) is 15.5. The zero-order valence-corrected chi connectivity index (χ0v) is 15.5. The van der Waals surface area contributed by atoms with Gasteiger partial charge < -0.3 is 10.2 Å². The summed E-state index contributed by atoms with van der Waals surface area (Å²) in [5, 5.41) is 2.88. The van der Waals surface area contributed by atoms with E-state index < -0.39 is 0 Å². The standard InChI is InChI=1S/C21H26FN3O/c1-16-4-3-5-19(14-16)25-12-10-24(11-13-25)9-8-23-21(26)18-7-6-17(2)20(22)15-18/h3-7,14-15H,8-13H2,1-2H3,(H,23,26). The van der Waals surface area contributed by atoms with Crippen LogP contribution in [0.2, 0.25) is 0 Å². The second kappa shape index (κ2) is 8.32. The first-order valence-electron chi connectivity index (χ1n) is 9.11. The number of carbonyl (C=O) groups is 1. The van der Waals surface area contributed by atoms with E-state index in [9.17, 15) is 9.18 Å². The Labute approximate surface area is 154 Å². The van der Waals surface area contributed by atoms with Gasteiger partial charge in [-0.2, -0.15) is 0 Å². The topological polar surface area (TPSA) is 35.6 Å². The quantitative estimate of drug-likeness (QED) is 0.896. The summed E-state index contributed by atoms with van der Waals surface area (Å²) < 4.78 is 13.6. The van der Waals surface area contributed by atoms with Crippen molar-refractivity contribution in [2.75, 3.05) is 44.2 Å². The molecule has 5 heteroatoms. The van der Waals surface area contributed by atoms with E-state index in [0.717, 1.165) is 32.7 Å². The van der Waals surface area contributed by atoms with Crippen molar-refractivity contribution in [1.82, 2.24) is 10.2 Å². The fourth-order valence-electron chi connectivity index (χ4n) is 3.22. The van der Waals surface area contributed by atoms with Crippen molar-refractivity contribution in [3.05, 3.63) is 65.0 Å². The van der Waals surface area contributed by atoms with Gasteiger partial charge in [0, 0.05) is 50.5 Å². The summed E-state index contributed by atoms with van der Waals surface area (Å²) in [5.74, 6) is -0.563. The largest absolute Gasteiger partial charge is 0.369 e. The summed E-state index contributed by atoms with van der Waals surface area (Å²) in [4.78, 5) is 16.9. The normalized spacial score (nSPS) is 15.1. The molecule has 0 atom stereocenters. The van der Waals surface area contributed by atoms with Gasteiger partial charge >= 0.3 is 0 Å². The van der Waals surface area contributed by atoms with Crippen molar-refractivity contribution >= 4 is 11.6 Å². The van der Waals surface area contributed by atoms with Gasteiger partial charge in [0.25, 0.3) is 5.91 Å². The predicted octanol–water partition coefficient (Wildman–Crippen LogP) is 2.99. The number of anilines is 1. The van der Waals surface area contributed by atoms with Crippen molar-refractivity contribution < 1.29 is 9.18 Å². The first-order chi connectivity index (χ1) is 12.5. The van der Waals surface area contributed by atoms with E-state index in [4.69, 9.17) is 0 Å². The van der Waals surface area contributed by atoms with Crippen molar-refractivity contribution in [3.8, 4) is 0 Å². The second-order valence-corrected chi connectivity index (χ2v) is 6.89. The molecule has 1 heterocycles. The molecule has 0 spiro atoms. The van der Waals surface area contributed by atoms with Gasteiger partial charge in [-0.25, -0.2) is 4.39 Å². The molecule has 1 N–H and O–H groups in total. The molecule has 1 saturated heterocycles. The molecule has 0 radical (unpaired) electrons. The molecule has 1 aliphatic rings. The molecule has 4 nitrogen and oxygen atoms in total. The van der Waals surface area contributed by atoms with Gasteiger partial charge in [0.05, 0.1) is 0 Å². The summed E-state index contributed by atoms with van der Waals surface area (Å²) in [6.45, 7) is 9.10. The Morgan fingerprint density at radius 3 is 2.54 bits per heavy atom. The summed E-state index contributed by atoms with van der Waals surface area (Å²) in [6, 6.07) is 13.2. The SMILES string of the molecule is Cc1cccc(N2CCN(CCNC(=O)c3ccc(C)c(F)c3)CC2)c1. The second-order valence-electron chi connectivity index (χ2n) is 6.89. The molecule has 138 valence electrons. The van der Waals surface area contributed by atoms with Crippen LogP contribution in [0, 0.1) is 19.7 Å². The maximum atomic E-state index is 13.6. The van der Waals surface area contributed by atoms with Crippen LogP contribution in [-0.4, -0.2) is 50.1 Å². The molecule has 1 fully saturated rings. The number of hydrogen-bond donors (Lipinski definition) is 1. The average molecular weight is 355 g/mol. The van der Waals surface area contributed by atoms with Crippen LogP contribution in [-0.2, 0) is 0 Å². The lowest BCUT2D eigenvalue weighted by atomic mass is 10.1. The van der Waals surface area contributed by atoms with Crippen LogP contribution in [0.1, 0.15) is 21.5 Å². The number of halogens is 1. The molecule has 0 aromatic heterocycles. The molecule has 0 unspecified atom stereocenters. The van der Waals surface area contributed by atoms with Gasteiger partial charge in [-0.1, -0.05) is 18.2 Å². The number of aryl methyl sites for hydroxylation is 2. The van der Waals surface area contributed by atoms with Crippen LogP contribution >= 0.6 is 0 Å². The molecular formula is C21H26FN3O. The number of carbonyl (C=O) groups excluding carboxylic acids is 1. The van der Waals surface area contributed by atoms with Crippen LogP contribution in [0.25, 0.3) is 0 Å². The first kappa shape index (κ1) is 18.4. The first-order valence-corrected chi connectivity index (χ1v) is 9.11. The highest BCUT2D eigenvalue weighted by Gasteiger charge is 2.17. The Bertz CT molecular complexity index is 770. The zero-order chi connectivity index (χ0) is 18.5. The highest BCUT2D eigenvalue weighted by atomic mass is 19.1. The highest BCUT2D eigenvalue weighted by molar-refractivity contribution is 5.94. The van der Waals surface area contributed by atoms with Gasteiger partial charge in [-0.15, -0.1) is 0 Å². The fraction of sp³-hybridized carbons (Fsp3) is 0.381. The molecule has 0 bridgehead atoms. The maximum Gasteiger partial charge on any atom is 0.251 e. The number of piperazine rings is 1. The molecule has 2 aromatic carbocycles. The maximum absolute atomic E-state index is 13.6. The highest BCUT2D eigenvalue weighted by Crippen LogP contribution is 2.17. The molecule has 3 rings (SSSR count). The van der Waals surface area contributed by atoms with Crippen LogP contribution in [0.4, 0.5) is 10.1 Å². The minimum atomic E-state index is -0.343. The van der Waals surface area contributed by atoms with Crippen molar-refractivity contribution in [2.45, 2.75) is 13.8 Å². The van der Waals surface area contributed by atoms with Crippen LogP contribution in [0.5, 0.6) is 0 Å². The Balaban J connectivity index is 1.42. The number of benzene rings is 2. The number of rotatable bonds is 5. The van der Waals surface area contributed by atoms with E-state index in [-0.39, 0.29) is 11.7 Å². The smallest absolute Gasteiger partial charge is 0.251 e. The minimum absolute atomic E-state index is 0.220. The third-order valence-corrected chi connectivity index (χ3v) is 4.89. The lowest BCUT2D eigenvalue weighted by Gasteiger charge is -2.36. The molecule has 26 heavy (non-hydrogen) atoms. The van der Waals surface area contributed by atoms with E-state index in [1.54, 1.807) is 19.1 Å². The van der Waals surface area contributed by atoms with E-state index in [2.05, 4.69) is 46.3 Å². The summed E-state index contributed by atoms with van der Waals surface area (Å²) in [7, 11) is 0. The van der Waals surface area contributed by atoms with Crippen LogP contribution in [0.3, 0.4) is 0 Å². The van der Waals surface area contributed by atoms with Gasteiger partial charge in [-0.3, -0.25) is 9.69 Å². The molecule has 0 aliphatic carbocycles.